The lowest BCUT2D eigenvalue weighted by atomic mass is 9.99. The van der Waals surface area contributed by atoms with Crippen molar-refractivity contribution in [1.82, 2.24) is 9.55 Å². The van der Waals surface area contributed by atoms with Crippen molar-refractivity contribution in [2.75, 3.05) is 5.48 Å². The van der Waals surface area contributed by atoms with E-state index in [1.54, 1.807) is 19.3 Å². The highest BCUT2D eigenvalue weighted by Crippen LogP contribution is 2.30. The predicted octanol–water partition coefficient (Wildman–Crippen LogP) is -0.721. The first-order valence-electron chi connectivity index (χ1n) is 6.88. The van der Waals surface area contributed by atoms with Crippen LogP contribution in [0.25, 0.3) is 0 Å². The maximum Gasteiger partial charge on any atom is 0.351 e. The number of ketones is 1. The number of anilines is 1. The zero-order valence-electron chi connectivity index (χ0n) is 12.2. The average molecular weight is 313 g/mol. The number of Topliss-reactive ketones (excluding diaryl/α,β-unsaturated/α-hetero) is 1. The van der Waals surface area contributed by atoms with E-state index in [9.17, 15) is 19.8 Å². The molecule has 2 rings (SSSR count). The topological polar surface area (TPSA) is 134 Å². The van der Waals surface area contributed by atoms with Crippen molar-refractivity contribution in [3.05, 3.63) is 22.7 Å². The Morgan fingerprint density at radius 3 is 2.68 bits per heavy atom. The summed E-state index contributed by atoms with van der Waals surface area (Å²) in [5.74, 6) is -0.380. The third kappa shape index (κ3) is 3.17. The van der Waals surface area contributed by atoms with Crippen LogP contribution in [0.2, 0.25) is 0 Å². The highest BCUT2D eigenvalue weighted by molar-refractivity contribution is 5.80. The van der Waals surface area contributed by atoms with Gasteiger partial charge in [0.25, 0.3) is 0 Å². The number of nitrogens with zero attached hydrogens (tertiary/aromatic N) is 2. The van der Waals surface area contributed by atoms with Crippen molar-refractivity contribution < 1.29 is 25.0 Å². The third-order valence-corrected chi connectivity index (χ3v) is 3.60. The molecule has 1 aliphatic heterocycles. The number of carbonyl (C=O) groups excluding carboxylic acids is 1. The second-order valence-corrected chi connectivity index (χ2v) is 5.49. The van der Waals surface area contributed by atoms with Crippen molar-refractivity contribution >= 4 is 11.6 Å². The van der Waals surface area contributed by atoms with Crippen LogP contribution in [0, 0.1) is 5.92 Å². The molecule has 0 bridgehead atoms. The molecule has 0 radical (unpaired) electrons. The predicted molar refractivity (Wildman–Crippen MR) is 74.3 cm³/mol. The average Bonchev–Trinajstić information content (AvgIpc) is 2.75. The van der Waals surface area contributed by atoms with Gasteiger partial charge in [-0.3, -0.25) is 20.0 Å². The molecule has 1 fully saturated rings. The molecule has 1 aliphatic rings. The Morgan fingerprint density at radius 2 is 2.14 bits per heavy atom. The zero-order valence-corrected chi connectivity index (χ0v) is 12.2. The highest BCUT2D eigenvalue weighted by Gasteiger charge is 2.44. The Labute approximate surface area is 126 Å². The first kappa shape index (κ1) is 16.6. The minimum Gasteiger partial charge on any atom is -0.388 e. The van der Waals surface area contributed by atoms with E-state index in [4.69, 9.17) is 9.94 Å². The van der Waals surface area contributed by atoms with E-state index in [0.717, 1.165) is 4.57 Å². The highest BCUT2D eigenvalue weighted by atomic mass is 16.6. The number of hydrogen-bond donors (Lipinski definition) is 4. The molecule has 0 saturated carbocycles. The van der Waals surface area contributed by atoms with Crippen LogP contribution < -0.4 is 11.2 Å². The van der Waals surface area contributed by atoms with Gasteiger partial charge in [-0.1, -0.05) is 13.8 Å². The molecule has 1 aromatic rings. The van der Waals surface area contributed by atoms with E-state index in [1.165, 1.54) is 12.3 Å². The van der Waals surface area contributed by atoms with Crippen molar-refractivity contribution in [1.29, 1.82) is 0 Å². The van der Waals surface area contributed by atoms with Crippen LogP contribution in [0.5, 0.6) is 0 Å². The Hall–Kier alpha value is -1.81. The van der Waals surface area contributed by atoms with Crippen LogP contribution in [-0.4, -0.2) is 49.1 Å². The van der Waals surface area contributed by atoms with Crippen LogP contribution in [0.15, 0.2) is 17.1 Å². The van der Waals surface area contributed by atoms with Gasteiger partial charge in [0.15, 0.2) is 12.0 Å². The fourth-order valence-corrected chi connectivity index (χ4v) is 2.23. The van der Waals surface area contributed by atoms with Crippen molar-refractivity contribution in [3.8, 4) is 0 Å². The standard InChI is InChI=1S/C13H19N3O6/c1-6(2)7(17)5-8-10(18)11(19)12(22-8)16-4-3-9(15-21)14-13(16)20/h3-4,6,8,10-12,18-19,21H,5H2,1-2H3,(H,14,15,20)/t8-,10-,11-,12-/m1/s1. The number of aliphatic hydroxyl groups is 2. The third-order valence-electron chi connectivity index (χ3n) is 3.60. The van der Waals surface area contributed by atoms with Gasteiger partial charge >= 0.3 is 5.69 Å². The normalized spacial score (nSPS) is 28.1. The zero-order chi connectivity index (χ0) is 16.4. The van der Waals surface area contributed by atoms with Crippen molar-refractivity contribution in [2.24, 2.45) is 5.92 Å². The van der Waals surface area contributed by atoms with Crippen molar-refractivity contribution in [2.45, 2.75) is 44.8 Å². The summed E-state index contributed by atoms with van der Waals surface area (Å²) in [6.45, 7) is 3.46. The van der Waals surface area contributed by atoms with Gasteiger partial charge in [-0.15, -0.1) is 0 Å². The molecule has 0 spiro atoms. The maximum absolute atomic E-state index is 11.8. The molecule has 0 amide bonds. The number of rotatable bonds is 5. The largest absolute Gasteiger partial charge is 0.388 e. The number of carbonyl (C=O) groups is 1. The van der Waals surface area contributed by atoms with Gasteiger partial charge < -0.3 is 14.9 Å². The molecule has 1 aromatic heterocycles. The smallest absolute Gasteiger partial charge is 0.351 e. The monoisotopic (exact) mass is 313 g/mol. The fourth-order valence-electron chi connectivity index (χ4n) is 2.23. The SMILES string of the molecule is CC(C)C(=O)C[C@H]1O[C@@H](n2ccc(NO)nc2=O)[C@H](O)[C@@H]1O. The quantitative estimate of drug-likeness (QED) is 0.523. The Morgan fingerprint density at radius 1 is 1.45 bits per heavy atom. The van der Waals surface area contributed by atoms with Crippen LogP contribution in [-0.2, 0) is 9.53 Å². The fraction of sp³-hybridized carbons (Fsp3) is 0.615. The van der Waals surface area contributed by atoms with E-state index in [2.05, 4.69) is 4.98 Å². The van der Waals surface area contributed by atoms with E-state index >= 15 is 0 Å². The lowest BCUT2D eigenvalue weighted by Crippen LogP contribution is -2.36. The van der Waals surface area contributed by atoms with E-state index in [-0.39, 0.29) is 23.9 Å². The molecule has 4 atom stereocenters. The number of aromatic nitrogens is 2. The second-order valence-electron chi connectivity index (χ2n) is 5.49. The van der Waals surface area contributed by atoms with Gasteiger partial charge in [-0.05, 0) is 6.07 Å². The van der Waals surface area contributed by atoms with E-state index in [1.807, 2.05) is 0 Å². The van der Waals surface area contributed by atoms with E-state index < -0.39 is 30.2 Å². The summed E-state index contributed by atoms with van der Waals surface area (Å²) in [7, 11) is 0. The molecule has 122 valence electrons. The molecule has 4 N–H and O–H groups in total. The maximum atomic E-state index is 11.8. The summed E-state index contributed by atoms with van der Waals surface area (Å²) in [5.41, 5.74) is 0.959. The summed E-state index contributed by atoms with van der Waals surface area (Å²) < 4.78 is 6.46. The second kappa shape index (κ2) is 6.53. The minimum atomic E-state index is -1.36. The lowest BCUT2D eigenvalue weighted by molar-refractivity contribution is -0.126. The molecule has 2 heterocycles. The molecule has 9 heteroatoms. The summed E-state index contributed by atoms with van der Waals surface area (Å²) in [6.07, 6.45) is -3.47. The van der Waals surface area contributed by atoms with Crippen molar-refractivity contribution in [3.63, 3.8) is 0 Å². The molecule has 0 unspecified atom stereocenters. The van der Waals surface area contributed by atoms with E-state index in [0.29, 0.717) is 0 Å². The summed E-state index contributed by atoms with van der Waals surface area (Å²) in [6, 6.07) is 1.30. The van der Waals surface area contributed by atoms with Gasteiger partial charge in [0, 0.05) is 18.5 Å². The van der Waals surface area contributed by atoms with Crippen LogP contribution >= 0.6 is 0 Å². The lowest BCUT2D eigenvalue weighted by Gasteiger charge is -2.17. The van der Waals surface area contributed by atoms with Crippen LogP contribution in [0.4, 0.5) is 5.82 Å². The van der Waals surface area contributed by atoms with Crippen LogP contribution in [0.3, 0.4) is 0 Å². The number of aliphatic hydroxyl groups excluding tert-OH is 2. The Bertz CT molecular complexity index is 602. The number of hydrogen-bond acceptors (Lipinski definition) is 8. The molecule has 22 heavy (non-hydrogen) atoms. The summed E-state index contributed by atoms with van der Waals surface area (Å²) in [5, 5.41) is 28.7. The summed E-state index contributed by atoms with van der Waals surface area (Å²) in [4.78, 5) is 27.1. The molecular formula is C13H19N3O6. The van der Waals surface area contributed by atoms with Gasteiger partial charge in [-0.25, -0.2) is 4.79 Å². The Balaban J connectivity index is 2.19. The van der Waals surface area contributed by atoms with Crippen LogP contribution in [0.1, 0.15) is 26.5 Å². The molecule has 0 aromatic carbocycles. The van der Waals surface area contributed by atoms with Gasteiger partial charge in [0.2, 0.25) is 0 Å². The number of ether oxygens (including phenoxy) is 1. The van der Waals surface area contributed by atoms with Gasteiger partial charge in [0.1, 0.15) is 18.0 Å². The molecule has 1 saturated heterocycles. The first-order valence-corrected chi connectivity index (χ1v) is 6.88. The molecular weight excluding hydrogens is 294 g/mol. The molecule has 0 aliphatic carbocycles. The number of nitrogens with one attached hydrogen (secondary N) is 1. The Kier molecular flexibility index (Phi) is 4.91. The molecule has 9 nitrogen and oxygen atoms in total. The first-order chi connectivity index (χ1) is 10.3. The summed E-state index contributed by atoms with van der Waals surface area (Å²) >= 11 is 0. The van der Waals surface area contributed by atoms with Gasteiger partial charge in [-0.2, -0.15) is 4.98 Å². The minimum absolute atomic E-state index is 0.0507. The van der Waals surface area contributed by atoms with Gasteiger partial charge in [0.05, 0.1) is 6.10 Å².